The summed E-state index contributed by atoms with van der Waals surface area (Å²) >= 11 is 0. The molecule has 158 valence electrons. The number of nitrogens with zero attached hydrogens (tertiary/aromatic N) is 3. The SMILES string of the molecule is CN=C(NCc1cccc(-c2ncn[nH]2)c1)NCc1ccccc1OCC1CC1.I. The molecule has 1 heterocycles. The second-order valence-corrected chi connectivity index (χ2v) is 7.18. The third-order valence-electron chi connectivity index (χ3n) is 4.89. The maximum absolute atomic E-state index is 5.99. The summed E-state index contributed by atoms with van der Waals surface area (Å²) in [4.78, 5) is 8.53. The monoisotopic (exact) mass is 518 g/mol. The summed E-state index contributed by atoms with van der Waals surface area (Å²) in [7, 11) is 1.77. The molecule has 1 aromatic heterocycles. The van der Waals surface area contributed by atoms with Gasteiger partial charge in [-0.3, -0.25) is 10.1 Å². The molecule has 0 radical (unpaired) electrons. The highest BCUT2D eigenvalue weighted by Gasteiger charge is 2.22. The molecule has 0 saturated heterocycles. The summed E-state index contributed by atoms with van der Waals surface area (Å²) in [5.41, 5.74) is 3.27. The van der Waals surface area contributed by atoms with Crippen molar-refractivity contribution in [1.82, 2.24) is 25.8 Å². The minimum absolute atomic E-state index is 0. The van der Waals surface area contributed by atoms with E-state index in [1.54, 1.807) is 7.05 Å². The first kappa shape index (κ1) is 22.1. The van der Waals surface area contributed by atoms with Gasteiger partial charge in [-0.05, 0) is 36.5 Å². The van der Waals surface area contributed by atoms with Crippen LogP contribution >= 0.6 is 24.0 Å². The number of aromatic nitrogens is 3. The summed E-state index contributed by atoms with van der Waals surface area (Å²) in [5.74, 6) is 3.18. The molecule has 0 atom stereocenters. The van der Waals surface area contributed by atoms with Crippen LogP contribution in [0.3, 0.4) is 0 Å². The maximum Gasteiger partial charge on any atom is 0.191 e. The lowest BCUT2D eigenvalue weighted by Crippen LogP contribution is -2.36. The summed E-state index contributed by atoms with van der Waals surface area (Å²) < 4.78 is 5.99. The van der Waals surface area contributed by atoms with Crippen molar-refractivity contribution >= 4 is 29.9 Å². The van der Waals surface area contributed by atoms with Crippen LogP contribution in [-0.2, 0) is 13.1 Å². The molecule has 1 fully saturated rings. The molecular weight excluding hydrogens is 491 g/mol. The topological polar surface area (TPSA) is 87.2 Å². The Labute approximate surface area is 193 Å². The molecule has 3 N–H and O–H groups in total. The molecule has 4 rings (SSSR count). The first-order valence-corrected chi connectivity index (χ1v) is 9.91. The maximum atomic E-state index is 5.99. The van der Waals surface area contributed by atoms with Gasteiger partial charge in [-0.15, -0.1) is 24.0 Å². The molecule has 1 aliphatic carbocycles. The lowest BCUT2D eigenvalue weighted by Gasteiger charge is -2.15. The molecule has 0 amide bonds. The van der Waals surface area contributed by atoms with Crippen molar-refractivity contribution in [2.75, 3.05) is 13.7 Å². The average molecular weight is 518 g/mol. The fraction of sp³-hybridized carbons (Fsp3) is 0.318. The number of rotatable bonds is 8. The second-order valence-electron chi connectivity index (χ2n) is 7.18. The van der Waals surface area contributed by atoms with E-state index < -0.39 is 0 Å². The van der Waals surface area contributed by atoms with Crippen molar-refractivity contribution in [1.29, 1.82) is 0 Å². The quantitative estimate of drug-likeness (QED) is 0.240. The van der Waals surface area contributed by atoms with Gasteiger partial charge >= 0.3 is 0 Å². The zero-order valence-corrected chi connectivity index (χ0v) is 19.3. The molecule has 0 unspecified atom stereocenters. The number of benzene rings is 2. The van der Waals surface area contributed by atoms with Crippen molar-refractivity contribution in [2.45, 2.75) is 25.9 Å². The molecule has 7 nitrogen and oxygen atoms in total. The van der Waals surface area contributed by atoms with Gasteiger partial charge in [-0.2, -0.15) is 5.10 Å². The van der Waals surface area contributed by atoms with Crippen molar-refractivity contribution in [2.24, 2.45) is 10.9 Å². The molecule has 2 aromatic carbocycles. The number of hydrogen-bond acceptors (Lipinski definition) is 4. The van der Waals surface area contributed by atoms with Crippen LogP contribution < -0.4 is 15.4 Å². The number of ether oxygens (including phenoxy) is 1. The van der Waals surface area contributed by atoms with Gasteiger partial charge in [0.05, 0.1) is 6.61 Å². The highest BCUT2D eigenvalue weighted by atomic mass is 127. The lowest BCUT2D eigenvalue weighted by molar-refractivity contribution is 0.296. The van der Waals surface area contributed by atoms with E-state index in [1.165, 1.54) is 19.2 Å². The van der Waals surface area contributed by atoms with Gasteiger partial charge in [-0.1, -0.05) is 36.4 Å². The van der Waals surface area contributed by atoms with Gasteiger partial charge in [0.15, 0.2) is 11.8 Å². The minimum Gasteiger partial charge on any atom is -0.493 e. The minimum atomic E-state index is 0. The molecule has 0 spiro atoms. The van der Waals surface area contributed by atoms with Crippen LogP contribution in [0.25, 0.3) is 11.4 Å². The summed E-state index contributed by atoms with van der Waals surface area (Å²) in [6.45, 7) is 2.12. The number of guanidine groups is 1. The largest absolute Gasteiger partial charge is 0.493 e. The predicted molar refractivity (Wildman–Crippen MR) is 129 cm³/mol. The molecule has 30 heavy (non-hydrogen) atoms. The first-order chi connectivity index (χ1) is 14.3. The van der Waals surface area contributed by atoms with Crippen LogP contribution in [0.1, 0.15) is 24.0 Å². The lowest BCUT2D eigenvalue weighted by atomic mass is 10.1. The van der Waals surface area contributed by atoms with Crippen molar-refractivity contribution in [3.63, 3.8) is 0 Å². The summed E-state index contributed by atoms with van der Waals surface area (Å²) in [6.07, 6.45) is 4.08. The van der Waals surface area contributed by atoms with E-state index >= 15 is 0 Å². The Morgan fingerprint density at radius 3 is 2.73 bits per heavy atom. The number of hydrogen-bond donors (Lipinski definition) is 3. The fourth-order valence-corrected chi connectivity index (χ4v) is 3.04. The average Bonchev–Trinajstić information content (AvgIpc) is 3.43. The van der Waals surface area contributed by atoms with Gasteiger partial charge in [0.2, 0.25) is 0 Å². The van der Waals surface area contributed by atoms with Gasteiger partial charge in [0.25, 0.3) is 0 Å². The predicted octanol–water partition coefficient (Wildman–Crippen LogP) is 3.74. The van der Waals surface area contributed by atoms with E-state index in [0.717, 1.165) is 46.7 Å². The third-order valence-corrected chi connectivity index (χ3v) is 4.89. The number of H-pyrrole nitrogens is 1. The molecule has 8 heteroatoms. The van der Waals surface area contributed by atoms with Crippen LogP contribution in [0, 0.1) is 5.92 Å². The van der Waals surface area contributed by atoms with Gasteiger partial charge in [0, 0.05) is 31.3 Å². The van der Waals surface area contributed by atoms with Crippen molar-refractivity contribution in [3.8, 4) is 17.1 Å². The second kappa shape index (κ2) is 11.0. The Hall–Kier alpha value is -2.62. The number of aromatic amines is 1. The van der Waals surface area contributed by atoms with E-state index in [4.69, 9.17) is 4.74 Å². The Kier molecular flexibility index (Phi) is 8.06. The number of para-hydroxylation sites is 1. The Morgan fingerprint density at radius 1 is 1.13 bits per heavy atom. The molecular formula is C22H27IN6O. The standard InChI is InChI=1S/C22H26N6O.HI/c1-23-22(24-12-17-5-4-7-18(11-17)21-26-15-27-28-21)25-13-19-6-2-3-8-20(19)29-14-16-9-10-16;/h2-8,11,15-16H,9-10,12-14H2,1H3,(H2,23,24,25)(H,26,27,28);1H. The van der Waals surface area contributed by atoms with Gasteiger partial charge in [-0.25, -0.2) is 4.98 Å². The summed E-state index contributed by atoms with van der Waals surface area (Å²) in [6, 6.07) is 16.3. The molecule has 3 aromatic rings. The molecule has 0 aliphatic heterocycles. The Morgan fingerprint density at radius 2 is 1.97 bits per heavy atom. The van der Waals surface area contributed by atoms with E-state index in [0.29, 0.717) is 13.1 Å². The normalized spacial score (nSPS) is 13.4. The van der Waals surface area contributed by atoms with Crippen LogP contribution in [0.15, 0.2) is 59.9 Å². The Balaban J connectivity index is 0.00000256. The van der Waals surface area contributed by atoms with Crippen LogP contribution in [0.5, 0.6) is 5.75 Å². The van der Waals surface area contributed by atoms with Crippen molar-refractivity contribution < 1.29 is 4.74 Å². The van der Waals surface area contributed by atoms with Crippen LogP contribution in [0.4, 0.5) is 0 Å². The molecule has 1 saturated carbocycles. The smallest absolute Gasteiger partial charge is 0.191 e. The summed E-state index contributed by atoms with van der Waals surface area (Å²) in [5, 5.41) is 13.5. The highest BCUT2D eigenvalue weighted by molar-refractivity contribution is 14.0. The van der Waals surface area contributed by atoms with E-state index in [1.807, 2.05) is 30.3 Å². The van der Waals surface area contributed by atoms with Gasteiger partial charge < -0.3 is 15.4 Å². The van der Waals surface area contributed by atoms with Crippen molar-refractivity contribution in [3.05, 3.63) is 66.0 Å². The number of halogens is 1. The molecule has 0 bridgehead atoms. The molecule has 1 aliphatic rings. The van der Waals surface area contributed by atoms with E-state index in [9.17, 15) is 0 Å². The fourth-order valence-electron chi connectivity index (χ4n) is 3.04. The third kappa shape index (κ3) is 6.19. The zero-order valence-electron chi connectivity index (χ0n) is 17.0. The Bertz CT molecular complexity index is 956. The van der Waals surface area contributed by atoms with E-state index in [2.05, 4.69) is 49.0 Å². The highest BCUT2D eigenvalue weighted by Crippen LogP contribution is 2.30. The van der Waals surface area contributed by atoms with Crippen LogP contribution in [0.2, 0.25) is 0 Å². The van der Waals surface area contributed by atoms with Crippen LogP contribution in [-0.4, -0.2) is 34.8 Å². The number of nitrogens with one attached hydrogen (secondary N) is 3. The number of aliphatic imine (C=N–C) groups is 1. The van der Waals surface area contributed by atoms with E-state index in [-0.39, 0.29) is 24.0 Å². The van der Waals surface area contributed by atoms with Gasteiger partial charge in [0.1, 0.15) is 12.1 Å². The first-order valence-electron chi connectivity index (χ1n) is 9.91. The zero-order chi connectivity index (χ0) is 19.9.